The van der Waals surface area contributed by atoms with Crippen LogP contribution in [0.5, 0.6) is 0 Å². The minimum Gasteiger partial charge on any atom is -0.367 e. The summed E-state index contributed by atoms with van der Waals surface area (Å²) >= 11 is 0. The van der Waals surface area contributed by atoms with Crippen LogP contribution in [0.2, 0.25) is 0 Å². The third-order valence-electron chi connectivity index (χ3n) is 4.00. The molecule has 0 saturated carbocycles. The normalized spacial score (nSPS) is 21.5. The maximum absolute atomic E-state index is 4.58. The molecule has 0 radical (unpaired) electrons. The van der Waals surface area contributed by atoms with E-state index >= 15 is 0 Å². The number of nitrogens with zero attached hydrogens (tertiary/aromatic N) is 3. The molecule has 1 fully saturated rings. The minimum atomic E-state index is 0.289. The zero-order valence-electron chi connectivity index (χ0n) is 13.0. The van der Waals surface area contributed by atoms with Gasteiger partial charge < -0.3 is 10.2 Å². The molecule has 4 heteroatoms. The highest BCUT2D eigenvalue weighted by Crippen LogP contribution is 2.26. The Morgan fingerprint density at radius 3 is 2.79 bits per heavy atom. The molecule has 2 rings (SSSR count). The average molecular weight is 264 g/mol. The molecule has 0 spiro atoms. The molecule has 0 bridgehead atoms. The maximum atomic E-state index is 4.58. The highest BCUT2D eigenvalue weighted by Gasteiger charge is 2.29. The van der Waals surface area contributed by atoms with Crippen LogP contribution < -0.4 is 10.2 Å². The minimum absolute atomic E-state index is 0.289. The predicted molar refractivity (Wildman–Crippen MR) is 80.7 cm³/mol. The van der Waals surface area contributed by atoms with Gasteiger partial charge in [-0.1, -0.05) is 27.7 Å². The fraction of sp³-hybridized carbons (Fsp3) is 0.800. The molecule has 4 nitrogen and oxygen atoms in total. The molecule has 1 aromatic rings. The number of aromatic nitrogens is 2. The van der Waals surface area contributed by atoms with E-state index in [9.17, 15) is 0 Å². The number of nitrogens with one attached hydrogen (secondary N) is 1. The van der Waals surface area contributed by atoms with Crippen LogP contribution in [-0.2, 0) is 13.5 Å². The van der Waals surface area contributed by atoms with Crippen molar-refractivity contribution in [2.75, 3.05) is 24.5 Å². The van der Waals surface area contributed by atoms with Crippen LogP contribution >= 0.6 is 0 Å². The van der Waals surface area contributed by atoms with Crippen molar-refractivity contribution in [3.05, 3.63) is 11.9 Å². The van der Waals surface area contributed by atoms with Crippen molar-refractivity contribution in [2.45, 2.75) is 46.6 Å². The summed E-state index contributed by atoms with van der Waals surface area (Å²) in [5.74, 6) is 0. The Labute approximate surface area is 117 Å². The molecule has 1 N–H and O–H groups in total. The second-order valence-corrected chi connectivity index (χ2v) is 6.66. The molecule has 1 saturated heterocycles. The predicted octanol–water partition coefficient (Wildman–Crippen LogP) is 2.20. The Morgan fingerprint density at radius 2 is 2.16 bits per heavy atom. The van der Waals surface area contributed by atoms with Gasteiger partial charge in [0.15, 0.2) is 0 Å². The van der Waals surface area contributed by atoms with E-state index in [1.54, 1.807) is 0 Å². The molecule has 1 aliphatic rings. The van der Waals surface area contributed by atoms with Gasteiger partial charge in [0.05, 0.1) is 11.4 Å². The average Bonchev–Trinajstić information content (AvgIpc) is 2.56. The topological polar surface area (TPSA) is 33.1 Å². The standard InChI is InChI=1S/C15H28N4/c1-6-12-13(10-18(5)17-12)19-9-7-8-16-14(11-19)15(2,3)4/h10,14,16H,6-9,11H2,1-5H3. The van der Waals surface area contributed by atoms with Gasteiger partial charge >= 0.3 is 0 Å². The van der Waals surface area contributed by atoms with Crippen molar-refractivity contribution < 1.29 is 0 Å². The molecule has 1 unspecified atom stereocenters. The lowest BCUT2D eigenvalue weighted by atomic mass is 9.86. The van der Waals surface area contributed by atoms with Crippen LogP contribution in [-0.4, -0.2) is 35.5 Å². The van der Waals surface area contributed by atoms with Crippen molar-refractivity contribution >= 4 is 5.69 Å². The van der Waals surface area contributed by atoms with Crippen LogP contribution in [0.15, 0.2) is 6.20 Å². The molecule has 0 aromatic carbocycles. The Morgan fingerprint density at radius 1 is 1.42 bits per heavy atom. The van der Waals surface area contributed by atoms with Crippen LogP contribution in [0, 0.1) is 5.41 Å². The van der Waals surface area contributed by atoms with E-state index in [2.05, 4.69) is 49.2 Å². The Hall–Kier alpha value is -1.03. The van der Waals surface area contributed by atoms with E-state index < -0.39 is 0 Å². The number of aryl methyl sites for hydroxylation is 2. The highest BCUT2D eigenvalue weighted by atomic mass is 15.3. The van der Waals surface area contributed by atoms with Gasteiger partial charge in [-0.15, -0.1) is 0 Å². The Bertz CT molecular complexity index is 416. The van der Waals surface area contributed by atoms with E-state index in [-0.39, 0.29) is 5.41 Å². The van der Waals surface area contributed by atoms with E-state index in [0.717, 1.165) is 26.1 Å². The van der Waals surface area contributed by atoms with Crippen molar-refractivity contribution in [1.29, 1.82) is 0 Å². The van der Waals surface area contributed by atoms with E-state index in [4.69, 9.17) is 0 Å². The third kappa shape index (κ3) is 3.30. The number of anilines is 1. The summed E-state index contributed by atoms with van der Waals surface area (Å²) in [6.07, 6.45) is 4.37. The fourth-order valence-corrected chi connectivity index (χ4v) is 2.76. The molecule has 1 aliphatic heterocycles. The molecular weight excluding hydrogens is 236 g/mol. The lowest BCUT2D eigenvalue weighted by Crippen LogP contribution is -2.46. The highest BCUT2D eigenvalue weighted by molar-refractivity contribution is 5.50. The first kappa shape index (κ1) is 14.4. The number of hydrogen-bond acceptors (Lipinski definition) is 3. The lowest BCUT2D eigenvalue weighted by molar-refractivity contribution is 0.280. The van der Waals surface area contributed by atoms with E-state index in [1.165, 1.54) is 17.8 Å². The molecule has 0 amide bonds. The summed E-state index contributed by atoms with van der Waals surface area (Å²) in [4.78, 5) is 2.52. The number of rotatable bonds is 2. The summed E-state index contributed by atoms with van der Waals surface area (Å²) in [5.41, 5.74) is 2.83. The summed E-state index contributed by atoms with van der Waals surface area (Å²) in [6.45, 7) is 12.4. The van der Waals surface area contributed by atoms with Crippen LogP contribution in [0.3, 0.4) is 0 Å². The molecule has 19 heavy (non-hydrogen) atoms. The monoisotopic (exact) mass is 264 g/mol. The Kier molecular flexibility index (Phi) is 4.19. The quantitative estimate of drug-likeness (QED) is 0.889. The number of hydrogen-bond donors (Lipinski definition) is 1. The Balaban J connectivity index is 2.22. The summed E-state index contributed by atoms with van der Waals surface area (Å²) < 4.78 is 1.94. The zero-order valence-corrected chi connectivity index (χ0v) is 13.0. The van der Waals surface area contributed by atoms with E-state index in [1.807, 2.05) is 11.7 Å². The van der Waals surface area contributed by atoms with Crippen LogP contribution in [0.4, 0.5) is 5.69 Å². The van der Waals surface area contributed by atoms with Gasteiger partial charge in [0.25, 0.3) is 0 Å². The van der Waals surface area contributed by atoms with Gasteiger partial charge in [-0.2, -0.15) is 5.10 Å². The van der Waals surface area contributed by atoms with Gasteiger partial charge in [-0.3, -0.25) is 4.68 Å². The molecule has 0 aliphatic carbocycles. The van der Waals surface area contributed by atoms with Crippen LogP contribution in [0.25, 0.3) is 0 Å². The van der Waals surface area contributed by atoms with Gasteiger partial charge in [-0.05, 0) is 24.8 Å². The largest absolute Gasteiger partial charge is 0.367 e. The molecule has 1 atom stereocenters. The summed E-state index contributed by atoms with van der Waals surface area (Å²) in [5, 5.41) is 8.27. The first-order chi connectivity index (χ1) is 8.91. The van der Waals surface area contributed by atoms with Crippen molar-refractivity contribution in [2.24, 2.45) is 12.5 Å². The summed E-state index contributed by atoms with van der Waals surface area (Å²) in [7, 11) is 2.01. The van der Waals surface area contributed by atoms with Crippen molar-refractivity contribution in [1.82, 2.24) is 15.1 Å². The van der Waals surface area contributed by atoms with Crippen molar-refractivity contribution in [3.63, 3.8) is 0 Å². The zero-order chi connectivity index (χ0) is 14.0. The van der Waals surface area contributed by atoms with E-state index in [0.29, 0.717) is 6.04 Å². The lowest BCUT2D eigenvalue weighted by Gasteiger charge is -2.34. The first-order valence-corrected chi connectivity index (χ1v) is 7.42. The summed E-state index contributed by atoms with van der Waals surface area (Å²) in [6, 6.07) is 0.528. The molecule has 1 aromatic heterocycles. The van der Waals surface area contributed by atoms with Gasteiger partial charge in [-0.25, -0.2) is 0 Å². The third-order valence-corrected chi connectivity index (χ3v) is 4.00. The van der Waals surface area contributed by atoms with Gasteiger partial charge in [0.2, 0.25) is 0 Å². The first-order valence-electron chi connectivity index (χ1n) is 7.42. The SMILES string of the molecule is CCc1nn(C)cc1N1CCCNC(C(C)(C)C)C1. The smallest absolute Gasteiger partial charge is 0.0855 e. The van der Waals surface area contributed by atoms with Gasteiger partial charge in [0, 0.05) is 32.4 Å². The van der Waals surface area contributed by atoms with Gasteiger partial charge in [0.1, 0.15) is 0 Å². The maximum Gasteiger partial charge on any atom is 0.0855 e. The second-order valence-electron chi connectivity index (χ2n) is 6.66. The molecule has 2 heterocycles. The van der Waals surface area contributed by atoms with Crippen LogP contribution in [0.1, 0.15) is 39.8 Å². The van der Waals surface area contributed by atoms with Crippen molar-refractivity contribution in [3.8, 4) is 0 Å². The second kappa shape index (κ2) is 5.53. The fourth-order valence-electron chi connectivity index (χ4n) is 2.76. The molecular formula is C15H28N4. The molecule has 108 valence electrons.